The minimum absolute atomic E-state index is 0.338. The van der Waals surface area contributed by atoms with Crippen LogP contribution in [0.25, 0.3) is 22.2 Å². The SMILES string of the molecule is CC(C)(C)On1c(=O)c(-c2ccccc2Cl)cc2cnc(Nc3ccccc3)nc21. The van der Waals surface area contributed by atoms with Crippen LogP contribution >= 0.6 is 11.6 Å². The summed E-state index contributed by atoms with van der Waals surface area (Å²) in [6.45, 7) is 5.62. The van der Waals surface area contributed by atoms with Crippen molar-refractivity contribution in [2.75, 3.05) is 5.32 Å². The minimum Gasteiger partial charge on any atom is -0.403 e. The average Bonchev–Trinajstić information content (AvgIpc) is 2.71. The molecule has 0 saturated carbocycles. The van der Waals surface area contributed by atoms with Gasteiger partial charge < -0.3 is 10.2 Å². The molecule has 2 aromatic heterocycles. The number of para-hydroxylation sites is 1. The molecule has 152 valence electrons. The highest BCUT2D eigenvalue weighted by molar-refractivity contribution is 6.33. The van der Waals surface area contributed by atoms with E-state index in [1.54, 1.807) is 24.4 Å². The summed E-state index contributed by atoms with van der Waals surface area (Å²) in [5.74, 6) is 0.366. The van der Waals surface area contributed by atoms with Gasteiger partial charge in [0.1, 0.15) is 5.60 Å². The number of fused-ring (bicyclic) bond motifs is 1. The number of rotatable bonds is 4. The first-order valence-electron chi connectivity index (χ1n) is 9.51. The summed E-state index contributed by atoms with van der Waals surface area (Å²) in [5, 5.41) is 4.29. The Bertz CT molecular complexity index is 1260. The van der Waals surface area contributed by atoms with Crippen LogP contribution in [0.5, 0.6) is 0 Å². The van der Waals surface area contributed by atoms with E-state index < -0.39 is 5.60 Å². The molecule has 0 atom stereocenters. The van der Waals surface area contributed by atoms with Gasteiger partial charge in [0.2, 0.25) is 5.95 Å². The fourth-order valence-corrected chi connectivity index (χ4v) is 3.25. The average molecular weight is 421 g/mol. The van der Waals surface area contributed by atoms with Crippen LogP contribution in [-0.4, -0.2) is 20.3 Å². The van der Waals surface area contributed by atoms with Gasteiger partial charge in [-0.2, -0.15) is 4.98 Å². The number of hydrogen-bond acceptors (Lipinski definition) is 5. The van der Waals surface area contributed by atoms with Crippen LogP contribution < -0.4 is 15.7 Å². The van der Waals surface area contributed by atoms with Crippen LogP contribution in [0.2, 0.25) is 5.02 Å². The molecule has 4 rings (SSSR count). The molecular formula is C23H21ClN4O2. The third-order valence-electron chi connectivity index (χ3n) is 4.26. The van der Waals surface area contributed by atoms with Gasteiger partial charge >= 0.3 is 0 Å². The Morgan fingerprint density at radius 3 is 2.40 bits per heavy atom. The highest BCUT2D eigenvalue weighted by Gasteiger charge is 2.20. The fraction of sp³-hybridized carbons (Fsp3) is 0.174. The third-order valence-corrected chi connectivity index (χ3v) is 4.59. The van der Waals surface area contributed by atoms with Crippen molar-refractivity contribution in [2.24, 2.45) is 0 Å². The summed E-state index contributed by atoms with van der Waals surface area (Å²) in [4.78, 5) is 28.3. The number of aromatic nitrogens is 3. The normalized spacial score (nSPS) is 11.5. The molecule has 2 heterocycles. The molecule has 0 bridgehead atoms. The molecule has 0 aliphatic carbocycles. The van der Waals surface area contributed by atoms with E-state index >= 15 is 0 Å². The van der Waals surface area contributed by atoms with Crippen LogP contribution in [-0.2, 0) is 0 Å². The van der Waals surface area contributed by atoms with Gasteiger partial charge in [0, 0.05) is 27.9 Å². The zero-order chi connectivity index (χ0) is 21.3. The second-order valence-electron chi connectivity index (χ2n) is 7.80. The maximum absolute atomic E-state index is 13.4. The van der Waals surface area contributed by atoms with Crippen LogP contribution in [0, 0.1) is 0 Å². The van der Waals surface area contributed by atoms with Crippen LogP contribution in [0.15, 0.2) is 71.7 Å². The van der Waals surface area contributed by atoms with Gasteiger partial charge in [-0.1, -0.05) is 48.0 Å². The van der Waals surface area contributed by atoms with E-state index in [0.29, 0.717) is 33.1 Å². The highest BCUT2D eigenvalue weighted by atomic mass is 35.5. The fourth-order valence-electron chi connectivity index (χ4n) is 3.01. The molecule has 0 fully saturated rings. The maximum Gasteiger partial charge on any atom is 0.293 e. The lowest BCUT2D eigenvalue weighted by atomic mass is 10.1. The largest absolute Gasteiger partial charge is 0.403 e. The van der Waals surface area contributed by atoms with E-state index in [1.807, 2.05) is 63.2 Å². The van der Waals surface area contributed by atoms with Gasteiger partial charge in [0.25, 0.3) is 5.56 Å². The van der Waals surface area contributed by atoms with Crippen LogP contribution in [0.1, 0.15) is 20.8 Å². The first-order valence-corrected chi connectivity index (χ1v) is 9.89. The van der Waals surface area contributed by atoms with Crippen molar-refractivity contribution < 1.29 is 4.84 Å². The Kier molecular flexibility index (Phi) is 5.18. The zero-order valence-corrected chi connectivity index (χ0v) is 17.6. The molecule has 0 aliphatic rings. The van der Waals surface area contributed by atoms with Gasteiger partial charge in [-0.25, -0.2) is 4.98 Å². The number of nitrogens with zero attached hydrogens (tertiary/aromatic N) is 3. The van der Waals surface area contributed by atoms with Crippen LogP contribution in [0.4, 0.5) is 11.6 Å². The second kappa shape index (κ2) is 7.80. The molecule has 0 amide bonds. The van der Waals surface area contributed by atoms with E-state index in [1.165, 1.54) is 4.73 Å². The highest BCUT2D eigenvalue weighted by Crippen LogP contribution is 2.27. The Morgan fingerprint density at radius 2 is 1.70 bits per heavy atom. The number of hydrogen-bond donors (Lipinski definition) is 1. The molecule has 4 aromatic rings. The number of anilines is 2. The maximum atomic E-state index is 13.4. The lowest BCUT2D eigenvalue weighted by molar-refractivity contribution is -0.0140. The van der Waals surface area contributed by atoms with E-state index in [-0.39, 0.29) is 5.56 Å². The zero-order valence-electron chi connectivity index (χ0n) is 16.9. The summed E-state index contributed by atoms with van der Waals surface area (Å²) < 4.78 is 1.23. The standard InChI is InChI=1S/C23H21ClN4O2/c1-23(2,3)30-28-20-15(13-18(21(28)29)17-11-7-8-12-19(17)24)14-25-22(27-20)26-16-9-5-4-6-10-16/h4-14H,1-3H3,(H,25,26,27). The van der Waals surface area contributed by atoms with Gasteiger partial charge in [-0.05, 0) is 45.0 Å². The van der Waals surface area contributed by atoms with E-state index in [2.05, 4.69) is 15.3 Å². The lowest BCUT2D eigenvalue weighted by Crippen LogP contribution is -2.39. The van der Waals surface area contributed by atoms with Crippen molar-refractivity contribution in [3.63, 3.8) is 0 Å². The first-order chi connectivity index (χ1) is 14.3. The predicted octanol–water partition coefficient (Wildman–Crippen LogP) is 5.08. The molecule has 2 aromatic carbocycles. The number of nitrogens with one attached hydrogen (secondary N) is 1. The predicted molar refractivity (Wildman–Crippen MR) is 120 cm³/mol. The monoisotopic (exact) mass is 420 g/mol. The van der Waals surface area contributed by atoms with Crippen molar-refractivity contribution in [3.8, 4) is 11.1 Å². The molecule has 7 heteroatoms. The van der Waals surface area contributed by atoms with Crippen molar-refractivity contribution in [1.29, 1.82) is 0 Å². The summed E-state index contributed by atoms with van der Waals surface area (Å²) in [6.07, 6.45) is 1.66. The summed E-state index contributed by atoms with van der Waals surface area (Å²) in [6, 6.07) is 18.5. The molecule has 0 spiro atoms. The Hall–Kier alpha value is -3.38. The molecule has 6 nitrogen and oxygen atoms in total. The summed E-state index contributed by atoms with van der Waals surface area (Å²) in [7, 11) is 0. The van der Waals surface area contributed by atoms with Crippen molar-refractivity contribution in [2.45, 2.75) is 26.4 Å². The van der Waals surface area contributed by atoms with E-state index in [4.69, 9.17) is 16.4 Å². The number of halogens is 1. The third kappa shape index (κ3) is 4.14. The summed E-state index contributed by atoms with van der Waals surface area (Å²) in [5.41, 5.74) is 1.31. The van der Waals surface area contributed by atoms with E-state index in [0.717, 1.165) is 5.69 Å². The van der Waals surface area contributed by atoms with Crippen LogP contribution in [0.3, 0.4) is 0 Å². The quantitative estimate of drug-likeness (QED) is 0.498. The Balaban J connectivity index is 1.91. The Morgan fingerprint density at radius 1 is 1.00 bits per heavy atom. The smallest absolute Gasteiger partial charge is 0.293 e. The molecule has 30 heavy (non-hydrogen) atoms. The molecule has 0 aliphatic heterocycles. The van der Waals surface area contributed by atoms with Crippen molar-refractivity contribution in [1.82, 2.24) is 14.7 Å². The minimum atomic E-state index is -0.617. The lowest BCUT2D eigenvalue weighted by Gasteiger charge is -2.23. The molecule has 0 radical (unpaired) electrons. The van der Waals surface area contributed by atoms with Gasteiger partial charge in [-0.3, -0.25) is 4.79 Å². The molecule has 1 N–H and O–H groups in total. The van der Waals surface area contributed by atoms with Crippen molar-refractivity contribution in [3.05, 3.63) is 82.2 Å². The van der Waals surface area contributed by atoms with Gasteiger partial charge in [-0.15, -0.1) is 4.73 Å². The van der Waals surface area contributed by atoms with Crippen molar-refractivity contribution >= 4 is 34.3 Å². The molecular weight excluding hydrogens is 400 g/mol. The first kappa shape index (κ1) is 19.9. The van der Waals surface area contributed by atoms with Gasteiger partial charge in [0.05, 0.1) is 5.56 Å². The Labute approximate surface area is 179 Å². The topological polar surface area (TPSA) is 69.0 Å². The van der Waals surface area contributed by atoms with Gasteiger partial charge in [0.15, 0.2) is 5.65 Å². The number of pyridine rings is 1. The second-order valence-corrected chi connectivity index (χ2v) is 8.21. The molecule has 0 saturated heterocycles. The number of benzene rings is 2. The summed E-state index contributed by atoms with van der Waals surface area (Å²) >= 11 is 6.35. The van der Waals surface area contributed by atoms with E-state index in [9.17, 15) is 4.79 Å². The molecule has 0 unspecified atom stereocenters.